The average Bonchev–Trinajstić information content (AvgIpc) is 2.30. The SMILES string of the molecule is COc1ccc(C[C@H]2COCC(=O)N2)cc1. The number of methoxy groups -OCH3 is 1. The quantitative estimate of drug-likeness (QED) is 0.819. The molecule has 4 nitrogen and oxygen atoms in total. The van der Waals surface area contributed by atoms with Gasteiger partial charge in [-0.15, -0.1) is 0 Å². The first-order valence-electron chi connectivity index (χ1n) is 5.28. The third-order valence-electron chi connectivity index (χ3n) is 2.56. The molecule has 0 saturated carbocycles. The van der Waals surface area contributed by atoms with Gasteiger partial charge in [0.25, 0.3) is 0 Å². The first-order chi connectivity index (χ1) is 7.78. The first-order valence-corrected chi connectivity index (χ1v) is 5.28. The maximum Gasteiger partial charge on any atom is 0.246 e. The van der Waals surface area contributed by atoms with Crippen molar-refractivity contribution in [1.82, 2.24) is 5.32 Å². The summed E-state index contributed by atoms with van der Waals surface area (Å²) < 4.78 is 10.3. The van der Waals surface area contributed by atoms with Crippen LogP contribution in [-0.4, -0.2) is 32.3 Å². The lowest BCUT2D eigenvalue weighted by Gasteiger charge is -2.23. The number of morpholine rings is 1. The maximum absolute atomic E-state index is 11.1. The zero-order valence-corrected chi connectivity index (χ0v) is 9.23. The molecule has 0 bridgehead atoms. The smallest absolute Gasteiger partial charge is 0.246 e. The molecule has 1 amide bonds. The Kier molecular flexibility index (Phi) is 3.41. The van der Waals surface area contributed by atoms with E-state index < -0.39 is 0 Å². The van der Waals surface area contributed by atoms with Crippen molar-refractivity contribution in [3.8, 4) is 5.75 Å². The van der Waals surface area contributed by atoms with Crippen LogP contribution in [0.2, 0.25) is 0 Å². The van der Waals surface area contributed by atoms with Crippen molar-refractivity contribution in [2.24, 2.45) is 0 Å². The van der Waals surface area contributed by atoms with Gasteiger partial charge in [-0.05, 0) is 24.1 Å². The van der Waals surface area contributed by atoms with Crippen LogP contribution in [0.3, 0.4) is 0 Å². The fourth-order valence-electron chi connectivity index (χ4n) is 1.76. The molecule has 4 heteroatoms. The Balaban J connectivity index is 1.94. The highest BCUT2D eigenvalue weighted by Crippen LogP contribution is 2.13. The number of rotatable bonds is 3. The molecule has 1 atom stereocenters. The molecule has 1 heterocycles. The lowest BCUT2D eigenvalue weighted by atomic mass is 10.1. The minimum absolute atomic E-state index is 0.0373. The number of nitrogens with one attached hydrogen (secondary N) is 1. The van der Waals surface area contributed by atoms with Crippen molar-refractivity contribution >= 4 is 5.91 Å². The fraction of sp³-hybridized carbons (Fsp3) is 0.417. The average molecular weight is 221 g/mol. The minimum Gasteiger partial charge on any atom is -0.497 e. The van der Waals surface area contributed by atoms with Crippen molar-refractivity contribution < 1.29 is 14.3 Å². The van der Waals surface area contributed by atoms with Crippen LogP contribution in [0.15, 0.2) is 24.3 Å². The summed E-state index contributed by atoms with van der Waals surface area (Å²) in [5.74, 6) is 0.803. The number of amides is 1. The number of hydrogen-bond donors (Lipinski definition) is 1. The molecule has 86 valence electrons. The van der Waals surface area contributed by atoms with Crippen molar-refractivity contribution in [3.63, 3.8) is 0 Å². The second-order valence-electron chi connectivity index (χ2n) is 3.83. The van der Waals surface area contributed by atoms with Crippen LogP contribution in [0.1, 0.15) is 5.56 Å². The zero-order valence-electron chi connectivity index (χ0n) is 9.23. The van der Waals surface area contributed by atoms with E-state index in [9.17, 15) is 4.79 Å². The molecule has 0 spiro atoms. The van der Waals surface area contributed by atoms with Gasteiger partial charge in [-0.2, -0.15) is 0 Å². The van der Waals surface area contributed by atoms with E-state index in [-0.39, 0.29) is 18.6 Å². The Hall–Kier alpha value is -1.55. The van der Waals surface area contributed by atoms with Crippen LogP contribution >= 0.6 is 0 Å². The second-order valence-corrected chi connectivity index (χ2v) is 3.83. The number of carbonyl (C=O) groups excluding carboxylic acids is 1. The van der Waals surface area contributed by atoms with E-state index in [4.69, 9.17) is 9.47 Å². The van der Waals surface area contributed by atoms with Gasteiger partial charge in [0.15, 0.2) is 0 Å². The standard InChI is InChI=1S/C12H15NO3/c1-15-11-4-2-9(3-5-11)6-10-7-16-8-12(14)13-10/h2-5,10H,6-8H2,1H3,(H,13,14)/t10-/m0/s1. The van der Waals surface area contributed by atoms with E-state index in [0.29, 0.717) is 6.61 Å². The van der Waals surface area contributed by atoms with E-state index in [2.05, 4.69) is 5.32 Å². The molecule has 1 saturated heterocycles. The van der Waals surface area contributed by atoms with Gasteiger partial charge in [-0.25, -0.2) is 0 Å². The zero-order chi connectivity index (χ0) is 11.4. The normalized spacial score (nSPS) is 20.3. The number of carbonyl (C=O) groups is 1. The molecule has 0 unspecified atom stereocenters. The number of ether oxygens (including phenoxy) is 2. The summed E-state index contributed by atoms with van der Waals surface area (Å²) in [6.45, 7) is 0.761. The molecular formula is C12H15NO3. The van der Waals surface area contributed by atoms with Crippen molar-refractivity contribution in [1.29, 1.82) is 0 Å². The number of benzene rings is 1. The lowest BCUT2D eigenvalue weighted by Crippen LogP contribution is -2.46. The lowest BCUT2D eigenvalue weighted by molar-refractivity contribution is -0.131. The largest absolute Gasteiger partial charge is 0.497 e. The van der Waals surface area contributed by atoms with Gasteiger partial charge in [-0.3, -0.25) is 4.79 Å². The summed E-state index contributed by atoms with van der Waals surface area (Å²) in [7, 11) is 1.64. The molecule has 0 aromatic heterocycles. The van der Waals surface area contributed by atoms with E-state index in [1.807, 2.05) is 24.3 Å². The van der Waals surface area contributed by atoms with Crippen LogP contribution in [-0.2, 0) is 16.0 Å². The van der Waals surface area contributed by atoms with E-state index in [1.54, 1.807) is 7.11 Å². The van der Waals surface area contributed by atoms with Crippen LogP contribution in [0, 0.1) is 0 Å². The van der Waals surface area contributed by atoms with Gasteiger partial charge >= 0.3 is 0 Å². The van der Waals surface area contributed by atoms with Crippen molar-refractivity contribution in [3.05, 3.63) is 29.8 Å². The Bertz CT molecular complexity index is 361. The number of hydrogen-bond acceptors (Lipinski definition) is 3. The van der Waals surface area contributed by atoms with Crippen molar-refractivity contribution in [2.45, 2.75) is 12.5 Å². The maximum atomic E-state index is 11.1. The summed E-state index contributed by atoms with van der Waals surface area (Å²) in [6, 6.07) is 7.91. The highest BCUT2D eigenvalue weighted by molar-refractivity contribution is 5.78. The molecule has 1 aromatic carbocycles. The van der Waals surface area contributed by atoms with Crippen molar-refractivity contribution in [2.75, 3.05) is 20.3 Å². The van der Waals surface area contributed by atoms with Crippen LogP contribution < -0.4 is 10.1 Å². The summed E-state index contributed by atoms with van der Waals surface area (Å²) >= 11 is 0. The van der Waals surface area contributed by atoms with E-state index in [0.717, 1.165) is 17.7 Å². The molecule has 1 aromatic rings. The third-order valence-corrected chi connectivity index (χ3v) is 2.56. The van der Waals surface area contributed by atoms with Gasteiger partial charge in [0.05, 0.1) is 19.8 Å². The van der Waals surface area contributed by atoms with Gasteiger partial charge in [-0.1, -0.05) is 12.1 Å². The summed E-state index contributed by atoms with van der Waals surface area (Å²) in [5.41, 5.74) is 1.16. The highest BCUT2D eigenvalue weighted by atomic mass is 16.5. The minimum atomic E-state index is -0.0373. The summed E-state index contributed by atoms with van der Waals surface area (Å²) in [5, 5.41) is 2.90. The van der Waals surface area contributed by atoms with E-state index >= 15 is 0 Å². The monoisotopic (exact) mass is 221 g/mol. The van der Waals surface area contributed by atoms with Crippen LogP contribution in [0.25, 0.3) is 0 Å². The summed E-state index contributed by atoms with van der Waals surface area (Å²) in [4.78, 5) is 11.1. The van der Waals surface area contributed by atoms with E-state index in [1.165, 1.54) is 0 Å². The molecule has 0 aliphatic carbocycles. The Labute approximate surface area is 94.6 Å². The Morgan fingerprint density at radius 1 is 1.44 bits per heavy atom. The molecule has 1 aliphatic heterocycles. The molecular weight excluding hydrogens is 206 g/mol. The molecule has 1 fully saturated rings. The van der Waals surface area contributed by atoms with Crippen LogP contribution in [0.5, 0.6) is 5.75 Å². The molecule has 0 radical (unpaired) electrons. The molecule has 2 rings (SSSR count). The van der Waals surface area contributed by atoms with Crippen LogP contribution in [0.4, 0.5) is 0 Å². The topological polar surface area (TPSA) is 47.6 Å². The Morgan fingerprint density at radius 2 is 2.19 bits per heavy atom. The highest BCUT2D eigenvalue weighted by Gasteiger charge is 2.18. The van der Waals surface area contributed by atoms with Gasteiger partial charge in [0.1, 0.15) is 12.4 Å². The molecule has 1 aliphatic rings. The first kappa shape index (κ1) is 11.0. The third kappa shape index (κ3) is 2.73. The van der Waals surface area contributed by atoms with Gasteiger partial charge < -0.3 is 14.8 Å². The second kappa shape index (κ2) is 4.99. The van der Waals surface area contributed by atoms with Gasteiger partial charge in [0.2, 0.25) is 5.91 Å². The fourth-order valence-corrected chi connectivity index (χ4v) is 1.76. The molecule has 1 N–H and O–H groups in total. The predicted molar refractivity (Wildman–Crippen MR) is 59.4 cm³/mol. The molecule has 16 heavy (non-hydrogen) atoms. The Morgan fingerprint density at radius 3 is 2.81 bits per heavy atom. The summed E-state index contributed by atoms with van der Waals surface area (Å²) in [6.07, 6.45) is 0.787. The predicted octanol–water partition coefficient (Wildman–Crippen LogP) is 0.753. The van der Waals surface area contributed by atoms with Gasteiger partial charge in [0, 0.05) is 0 Å².